The van der Waals surface area contributed by atoms with Gasteiger partial charge < -0.3 is 5.32 Å². The monoisotopic (exact) mass is 311 g/mol. The van der Waals surface area contributed by atoms with Crippen molar-refractivity contribution in [2.45, 2.75) is 24.3 Å². The van der Waals surface area contributed by atoms with Crippen LogP contribution in [0.4, 0.5) is 0 Å². The molecule has 0 spiro atoms. The van der Waals surface area contributed by atoms with E-state index in [1.165, 1.54) is 6.07 Å². The van der Waals surface area contributed by atoms with Gasteiger partial charge in [-0.2, -0.15) is 8.75 Å². The van der Waals surface area contributed by atoms with Crippen molar-refractivity contribution in [1.82, 2.24) is 14.1 Å². The third kappa shape index (κ3) is 2.53. The molecule has 6 nitrogen and oxygen atoms in total. The van der Waals surface area contributed by atoms with E-state index >= 15 is 0 Å². The lowest BCUT2D eigenvalue weighted by molar-refractivity contribution is -0.118. The second-order valence-electron chi connectivity index (χ2n) is 5.03. The van der Waals surface area contributed by atoms with Crippen LogP contribution in [-0.2, 0) is 14.6 Å². The van der Waals surface area contributed by atoms with Crippen LogP contribution in [0.25, 0.3) is 11.0 Å². The van der Waals surface area contributed by atoms with Crippen LogP contribution in [-0.4, -0.2) is 34.9 Å². The highest BCUT2D eigenvalue weighted by Gasteiger charge is 2.35. The number of amides is 1. The number of carbonyl (C=O) groups is 1. The Bertz CT molecular complexity index is 769. The number of nitrogens with zero attached hydrogens (tertiary/aromatic N) is 2. The van der Waals surface area contributed by atoms with E-state index in [2.05, 4.69) is 14.1 Å². The molecular weight excluding hydrogens is 298 g/mol. The SMILES string of the molecule is CC1CC1NC(=O)CS(=O)(=O)c1cccc2nsnc12. The van der Waals surface area contributed by atoms with Crippen molar-refractivity contribution < 1.29 is 13.2 Å². The molecule has 1 heterocycles. The summed E-state index contributed by atoms with van der Waals surface area (Å²) < 4.78 is 32.6. The van der Waals surface area contributed by atoms with E-state index in [9.17, 15) is 13.2 Å². The van der Waals surface area contributed by atoms with E-state index in [1.54, 1.807) is 12.1 Å². The summed E-state index contributed by atoms with van der Waals surface area (Å²) in [7, 11) is -3.70. The Kier molecular flexibility index (Phi) is 3.21. The largest absolute Gasteiger partial charge is 0.352 e. The smallest absolute Gasteiger partial charge is 0.235 e. The number of aromatic nitrogens is 2. The summed E-state index contributed by atoms with van der Waals surface area (Å²) in [6.07, 6.45) is 0.914. The maximum absolute atomic E-state index is 12.3. The van der Waals surface area contributed by atoms with E-state index in [0.717, 1.165) is 18.1 Å². The molecule has 0 aliphatic heterocycles. The second-order valence-corrected chi connectivity index (χ2v) is 7.52. The Hall–Kier alpha value is -1.54. The number of hydrogen-bond acceptors (Lipinski definition) is 6. The number of carbonyl (C=O) groups excluding carboxylic acids is 1. The van der Waals surface area contributed by atoms with Gasteiger partial charge in [0, 0.05) is 6.04 Å². The summed E-state index contributed by atoms with van der Waals surface area (Å²) in [6, 6.07) is 4.89. The minimum absolute atomic E-state index is 0.0720. The average Bonchev–Trinajstić information content (AvgIpc) is 2.90. The summed E-state index contributed by atoms with van der Waals surface area (Å²) in [5.41, 5.74) is 0.873. The van der Waals surface area contributed by atoms with Crippen LogP contribution in [0.2, 0.25) is 0 Å². The minimum Gasteiger partial charge on any atom is -0.352 e. The maximum atomic E-state index is 12.3. The van der Waals surface area contributed by atoms with Crippen molar-refractivity contribution in [2.75, 3.05) is 5.75 Å². The van der Waals surface area contributed by atoms with E-state index in [0.29, 0.717) is 17.0 Å². The number of hydrogen-bond donors (Lipinski definition) is 1. The van der Waals surface area contributed by atoms with Gasteiger partial charge in [-0.05, 0) is 24.5 Å². The molecule has 1 aromatic carbocycles. The lowest BCUT2D eigenvalue weighted by atomic mass is 10.3. The third-order valence-corrected chi connectivity index (χ3v) is 5.55. The lowest BCUT2D eigenvalue weighted by Gasteiger charge is -2.06. The van der Waals surface area contributed by atoms with Crippen molar-refractivity contribution in [2.24, 2.45) is 5.92 Å². The number of rotatable bonds is 4. The van der Waals surface area contributed by atoms with E-state index in [4.69, 9.17) is 0 Å². The summed E-state index contributed by atoms with van der Waals surface area (Å²) in [5.74, 6) is -0.570. The first kappa shape index (κ1) is 13.4. The van der Waals surface area contributed by atoms with E-state index < -0.39 is 21.5 Å². The fourth-order valence-electron chi connectivity index (χ4n) is 2.05. The zero-order chi connectivity index (χ0) is 14.3. The lowest BCUT2D eigenvalue weighted by Crippen LogP contribution is -2.32. The molecule has 0 radical (unpaired) electrons. The number of nitrogens with one attached hydrogen (secondary N) is 1. The Morgan fingerprint density at radius 2 is 2.20 bits per heavy atom. The van der Waals surface area contributed by atoms with Gasteiger partial charge in [-0.15, -0.1) is 0 Å². The molecule has 20 heavy (non-hydrogen) atoms. The number of fused-ring (bicyclic) bond motifs is 1. The Morgan fingerprint density at radius 1 is 1.45 bits per heavy atom. The van der Waals surface area contributed by atoms with Gasteiger partial charge in [0.1, 0.15) is 16.8 Å². The molecule has 106 valence electrons. The minimum atomic E-state index is -3.70. The van der Waals surface area contributed by atoms with Crippen LogP contribution < -0.4 is 5.32 Å². The molecule has 1 aliphatic carbocycles. The molecule has 2 unspecified atom stereocenters. The van der Waals surface area contributed by atoms with Crippen molar-refractivity contribution in [3.05, 3.63) is 18.2 Å². The van der Waals surface area contributed by atoms with Crippen LogP contribution in [0.1, 0.15) is 13.3 Å². The summed E-state index contributed by atoms with van der Waals surface area (Å²) in [6.45, 7) is 2.02. The standard InChI is InChI=1S/C12H13N3O3S2/c1-7-5-9(7)13-11(16)6-20(17,18)10-4-2-3-8-12(10)15-19-14-8/h2-4,7,9H,5-6H2,1H3,(H,13,16). The molecule has 2 atom stereocenters. The van der Waals surface area contributed by atoms with Crippen molar-refractivity contribution >= 4 is 38.5 Å². The fraction of sp³-hybridized carbons (Fsp3) is 0.417. The van der Waals surface area contributed by atoms with Gasteiger partial charge in [-0.1, -0.05) is 13.0 Å². The van der Waals surface area contributed by atoms with Gasteiger partial charge >= 0.3 is 0 Å². The molecule has 1 aliphatic rings. The number of sulfone groups is 1. The second kappa shape index (κ2) is 4.78. The Labute approximate surface area is 120 Å². The molecule has 1 saturated carbocycles. The topological polar surface area (TPSA) is 89.0 Å². The average molecular weight is 311 g/mol. The molecular formula is C12H13N3O3S2. The molecule has 2 aromatic rings. The predicted molar refractivity (Wildman–Crippen MR) is 75.2 cm³/mol. The zero-order valence-electron chi connectivity index (χ0n) is 10.7. The van der Waals surface area contributed by atoms with Gasteiger partial charge in [0.05, 0.1) is 16.6 Å². The van der Waals surface area contributed by atoms with Crippen LogP contribution in [0, 0.1) is 5.92 Å². The summed E-state index contributed by atoms with van der Waals surface area (Å²) >= 11 is 0.958. The predicted octanol–water partition coefficient (Wildman–Crippen LogP) is 0.990. The highest BCUT2D eigenvalue weighted by atomic mass is 32.2. The summed E-state index contributed by atoms with van der Waals surface area (Å²) in [4.78, 5) is 11.9. The Balaban J connectivity index is 1.84. The molecule has 0 saturated heterocycles. The van der Waals surface area contributed by atoms with Gasteiger partial charge in [0.15, 0.2) is 9.84 Å². The molecule has 3 rings (SSSR count). The van der Waals surface area contributed by atoms with Gasteiger partial charge in [-0.3, -0.25) is 4.79 Å². The van der Waals surface area contributed by atoms with Crippen molar-refractivity contribution in [3.63, 3.8) is 0 Å². The zero-order valence-corrected chi connectivity index (χ0v) is 12.4. The van der Waals surface area contributed by atoms with Crippen LogP contribution >= 0.6 is 11.7 Å². The summed E-state index contributed by atoms with van der Waals surface area (Å²) in [5, 5.41) is 2.72. The maximum Gasteiger partial charge on any atom is 0.235 e. The molecule has 8 heteroatoms. The van der Waals surface area contributed by atoms with Gasteiger partial charge in [0.25, 0.3) is 0 Å². The van der Waals surface area contributed by atoms with Gasteiger partial charge in [-0.25, -0.2) is 8.42 Å². The normalized spacial score (nSPS) is 21.9. The Morgan fingerprint density at radius 3 is 2.90 bits per heavy atom. The molecule has 1 fully saturated rings. The fourth-order valence-corrected chi connectivity index (χ4v) is 3.98. The first-order valence-electron chi connectivity index (χ1n) is 6.21. The number of benzene rings is 1. The molecule has 1 N–H and O–H groups in total. The van der Waals surface area contributed by atoms with E-state index in [1.807, 2.05) is 6.92 Å². The first-order valence-corrected chi connectivity index (χ1v) is 8.59. The van der Waals surface area contributed by atoms with Crippen LogP contribution in [0.15, 0.2) is 23.1 Å². The highest BCUT2D eigenvalue weighted by molar-refractivity contribution is 7.92. The van der Waals surface area contributed by atoms with Gasteiger partial charge in [0.2, 0.25) is 5.91 Å². The third-order valence-electron chi connectivity index (χ3n) is 3.36. The van der Waals surface area contributed by atoms with Crippen molar-refractivity contribution in [3.8, 4) is 0 Å². The molecule has 0 bridgehead atoms. The molecule has 1 aromatic heterocycles. The highest BCUT2D eigenvalue weighted by Crippen LogP contribution is 2.29. The first-order chi connectivity index (χ1) is 9.47. The van der Waals surface area contributed by atoms with E-state index in [-0.39, 0.29) is 10.9 Å². The quantitative estimate of drug-likeness (QED) is 0.909. The van der Waals surface area contributed by atoms with Crippen LogP contribution in [0.3, 0.4) is 0 Å². The van der Waals surface area contributed by atoms with Crippen molar-refractivity contribution in [1.29, 1.82) is 0 Å². The van der Waals surface area contributed by atoms with Crippen LogP contribution in [0.5, 0.6) is 0 Å². The molecule has 1 amide bonds.